The van der Waals surface area contributed by atoms with E-state index < -0.39 is 23.0 Å². The molecule has 98 valence electrons. The van der Waals surface area contributed by atoms with Crippen molar-refractivity contribution in [3.63, 3.8) is 0 Å². The standard InChI is InChI=1S/C13H15F2NO2/c1-13(12(17)18)2-3-16(8-13)7-9-4-10(14)6-11(15)5-9/h4-6H,2-3,7-8H2,1H3,(H,17,18). The molecular weight excluding hydrogens is 240 g/mol. The SMILES string of the molecule is CC1(C(=O)O)CCN(Cc2cc(F)cc(F)c2)C1. The highest BCUT2D eigenvalue weighted by molar-refractivity contribution is 5.74. The molecule has 1 aromatic carbocycles. The van der Waals surface area contributed by atoms with E-state index in [0.717, 1.165) is 6.07 Å². The summed E-state index contributed by atoms with van der Waals surface area (Å²) in [5, 5.41) is 9.10. The molecule has 0 saturated carbocycles. The number of carboxylic acids is 1. The van der Waals surface area contributed by atoms with Gasteiger partial charge in [-0.25, -0.2) is 8.78 Å². The van der Waals surface area contributed by atoms with Crippen LogP contribution in [0.3, 0.4) is 0 Å². The van der Waals surface area contributed by atoms with E-state index in [9.17, 15) is 13.6 Å². The first-order valence-corrected chi connectivity index (χ1v) is 5.80. The Morgan fingerprint density at radius 3 is 2.50 bits per heavy atom. The summed E-state index contributed by atoms with van der Waals surface area (Å²) in [7, 11) is 0. The van der Waals surface area contributed by atoms with Crippen molar-refractivity contribution in [2.45, 2.75) is 19.9 Å². The summed E-state index contributed by atoms with van der Waals surface area (Å²) in [5.74, 6) is -2.04. The third-order valence-electron chi connectivity index (χ3n) is 3.40. The van der Waals surface area contributed by atoms with Crippen LogP contribution in [0.5, 0.6) is 0 Å². The number of carboxylic acid groups (broad SMARTS) is 1. The van der Waals surface area contributed by atoms with Crippen LogP contribution in [0.2, 0.25) is 0 Å². The zero-order valence-corrected chi connectivity index (χ0v) is 10.1. The van der Waals surface area contributed by atoms with Gasteiger partial charge in [-0.15, -0.1) is 0 Å². The average molecular weight is 255 g/mol. The van der Waals surface area contributed by atoms with Crippen molar-refractivity contribution < 1.29 is 18.7 Å². The quantitative estimate of drug-likeness (QED) is 0.900. The number of nitrogens with zero attached hydrogens (tertiary/aromatic N) is 1. The Bertz CT molecular complexity index is 458. The van der Waals surface area contributed by atoms with E-state index in [1.165, 1.54) is 12.1 Å². The van der Waals surface area contributed by atoms with Crippen LogP contribution in [-0.2, 0) is 11.3 Å². The number of benzene rings is 1. The maximum absolute atomic E-state index is 13.0. The molecule has 1 fully saturated rings. The van der Waals surface area contributed by atoms with E-state index in [2.05, 4.69) is 0 Å². The molecule has 1 aromatic rings. The third kappa shape index (κ3) is 2.67. The van der Waals surface area contributed by atoms with Crippen molar-refractivity contribution >= 4 is 5.97 Å². The van der Waals surface area contributed by atoms with Gasteiger partial charge in [0.05, 0.1) is 5.41 Å². The van der Waals surface area contributed by atoms with Gasteiger partial charge in [-0.1, -0.05) is 0 Å². The van der Waals surface area contributed by atoms with Crippen LogP contribution in [0.25, 0.3) is 0 Å². The van der Waals surface area contributed by atoms with Crippen LogP contribution in [0.15, 0.2) is 18.2 Å². The van der Waals surface area contributed by atoms with Crippen LogP contribution >= 0.6 is 0 Å². The van der Waals surface area contributed by atoms with Gasteiger partial charge in [-0.3, -0.25) is 9.69 Å². The zero-order valence-electron chi connectivity index (χ0n) is 10.1. The highest BCUT2D eigenvalue weighted by atomic mass is 19.1. The molecular formula is C13H15F2NO2. The lowest BCUT2D eigenvalue weighted by molar-refractivity contribution is -0.147. The summed E-state index contributed by atoms with van der Waals surface area (Å²) in [5.41, 5.74) is -0.228. The van der Waals surface area contributed by atoms with E-state index in [1.807, 2.05) is 4.90 Å². The summed E-state index contributed by atoms with van der Waals surface area (Å²) in [6, 6.07) is 3.38. The smallest absolute Gasteiger partial charge is 0.310 e. The lowest BCUT2D eigenvalue weighted by atomic mass is 9.90. The number of hydrogen-bond acceptors (Lipinski definition) is 2. The van der Waals surface area contributed by atoms with Crippen LogP contribution in [0, 0.1) is 17.0 Å². The molecule has 1 aliphatic heterocycles. The van der Waals surface area contributed by atoms with Gasteiger partial charge in [-0.05, 0) is 37.6 Å². The maximum atomic E-state index is 13.0. The van der Waals surface area contributed by atoms with Gasteiger partial charge in [0.15, 0.2) is 0 Å². The molecule has 5 heteroatoms. The molecule has 2 rings (SSSR count). The lowest BCUT2D eigenvalue weighted by Crippen LogP contribution is -2.31. The first kappa shape index (κ1) is 13.0. The molecule has 1 atom stereocenters. The highest BCUT2D eigenvalue weighted by Gasteiger charge is 2.40. The molecule has 3 nitrogen and oxygen atoms in total. The highest BCUT2D eigenvalue weighted by Crippen LogP contribution is 2.31. The minimum absolute atomic E-state index is 0.373. The third-order valence-corrected chi connectivity index (χ3v) is 3.40. The van der Waals surface area contributed by atoms with Gasteiger partial charge in [0.1, 0.15) is 11.6 Å². The Kier molecular flexibility index (Phi) is 3.34. The first-order chi connectivity index (χ1) is 8.39. The van der Waals surface area contributed by atoms with E-state index in [-0.39, 0.29) is 0 Å². The Balaban J connectivity index is 2.06. The lowest BCUT2D eigenvalue weighted by Gasteiger charge is -2.20. The molecule has 1 heterocycles. The molecule has 0 aliphatic carbocycles. The minimum atomic E-state index is -0.824. The molecule has 0 aromatic heterocycles. The Morgan fingerprint density at radius 1 is 1.39 bits per heavy atom. The summed E-state index contributed by atoms with van der Waals surface area (Å²) < 4.78 is 26.1. The van der Waals surface area contributed by atoms with E-state index >= 15 is 0 Å². The van der Waals surface area contributed by atoms with E-state index in [0.29, 0.717) is 31.6 Å². The van der Waals surface area contributed by atoms with Gasteiger partial charge in [-0.2, -0.15) is 0 Å². The summed E-state index contributed by atoms with van der Waals surface area (Å²) in [4.78, 5) is 13.0. The molecule has 1 N–H and O–H groups in total. The van der Waals surface area contributed by atoms with Gasteiger partial charge < -0.3 is 5.11 Å². The second-order valence-corrected chi connectivity index (χ2v) is 5.10. The van der Waals surface area contributed by atoms with Crippen molar-refractivity contribution in [3.8, 4) is 0 Å². The fraction of sp³-hybridized carbons (Fsp3) is 0.462. The Labute approximate surface area is 104 Å². The van der Waals surface area contributed by atoms with Crippen LogP contribution in [0.1, 0.15) is 18.9 Å². The van der Waals surface area contributed by atoms with Crippen LogP contribution in [-0.4, -0.2) is 29.1 Å². The molecule has 0 spiro atoms. The van der Waals surface area contributed by atoms with Crippen molar-refractivity contribution in [2.24, 2.45) is 5.41 Å². The Morgan fingerprint density at radius 2 is 2.00 bits per heavy atom. The van der Waals surface area contributed by atoms with Crippen molar-refractivity contribution in [3.05, 3.63) is 35.4 Å². The monoisotopic (exact) mass is 255 g/mol. The molecule has 18 heavy (non-hydrogen) atoms. The zero-order chi connectivity index (χ0) is 13.3. The van der Waals surface area contributed by atoms with Gasteiger partial charge >= 0.3 is 5.97 Å². The number of carbonyl (C=O) groups is 1. The van der Waals surface area contributed by atoms with E-state index in [1.54, 1.807) is 6.92 Å². The normalized spacial score (nSPS) is 24.4. The maximum Gasteiger partial charge on any atom is 0.310 e. The van der Waals surface area contributed by atoms with Crippen molar-refractivity contribution in [2.75, 3.05) is 13.1 Å². The fourth-order valence-electron chi connectivity index (χ4n) is 2.33. The second-order valence-electron chi connectivity index (χ2n) is 5.10. The van der Waals surface area contributed by atoms with E-state index in [4.69, 9.17) is 5.11 Å². The predicted molar refractivity (Wildman–Crippen MR) is 62.0 cm³/mol. The average Bonchev–Trinajstić information content (AvgIpc) is 2.60. The summed E-state index contributed by atoms with van der Waals surface area (Å²) in [6.45, 7) is 3.10. The molecule has 1 saturated heterocycles. The summed E-state index contributed by atoms with van der Waals surface area (Å²) >= 11 is 0. The number of halogens is 2. The Hall–Kier alpha value is -1.49. The molecule has 0 bridgehead atoms. The predicted octanol–water partition coefficient (Wildman–Crippen LogP) is 2.26. The number of hydrogen-bond donors (Lipinski definition) is 1. The van der Waals surface area contributed by atoms with Gasteiger partial charge in [0.2, 0.25) is 0 Å². The van der Waals surface area contributed by atoms with Gasteiger partial charge in [0, 0.05) is 19.2 Å². The second kappa shape index (κ2) is 4.65. The number of aliphatic carboxylic acids is 1. The van der Waals surface area contributed by atoms with Crippen LogP contribution < -0.4 is 0 Å². The first-order valence-electron chi connectivity index (χ1n) is 5.80. The van der Waals surface area contributed by atoms with Gasteiger partial charge in [0.25, 0.3) is 0 Å². The van der Waals surface area contributed by atoms with Crippen LogP contribution in [0.4, 0.5) is 8.78 Å². The molecule has 1 unspecified atom stereocenters. The largest absolute Gasteiger partial charge is 0.481 e. The topological polar surface area (TPSA) is 40.5 Å². The minimum Gasteiger partial charge on any atom is -0.481 e. The molecule has 0 radical (unpaired) electrons. The summed E-state index contributed by atoms with van der Waals surface area (Å²) in [6.07, 6.45) is 0.556. The molecule has 1 aliphatic rings. The number of rotatable bonds is 3. The van der Waals surface area contributed by atoms with Crippen molar-refractivity contribution in [1.29, 1.82) is 0 Å². The molecule has 0 amide bonds. The fourth-order valence-corrected chi connectivity index (χ4v) is 2.33. The van der Waals surface area contributed by atoms with Crippen molar-refractivity contribution in [1.82, 2.24) is 4.90 Å². The number of likely N-dealkylation sites (tertiary alicyclic amines) is 1.